The van der Waals surface area contributed by atoms with E-state index in [1.807, 2.05) is 30.3 Å². The Morgan fingerprint density at radius 2 is 1.92 bits per heavy atom. The summed E-state index contributed by atoms with van der Waals surface area (Å²) in [5.74, 6) is 0.751. The molecule has 24 heavy (non-hydrogen) atoms. The number of rotatable bonds is 6. The number of nitrogens with zero attached hydrogens (tertiary/aromatic N) is 1. The lowest BCUT2D eigenvalue weighted by Gasteiger charge is -2.21. The second kappa shape index (κ2) is 8.23. The van der Waals surface area contributed by atoms with Gasteiger partial charge in [0.2, 0.25) is 5.91 Å². The Morgan fingerprint density at radius 3 is 2.54 bits per heavy atom. The molecule has 0 saturated heterocycles. The summed E-state index contributed by atoms with van der Waals surface area (Å²) in [4.78, 5) is 12.0. The SMILES string of the molecule is COc1ccc([C@@H](NC(=O)CC#N)c2ccccc2Cl)cc1OC. The number of amides is 1. The van der Waals surface area contributed by atoms with Crippen molar-refractivity contribution in [3.63, 3.8) is 0 Å². The molecular formula is C18H17ClN2O3. The Morgan fingerprint density at radius 1 is 1.21 bits per heavy atom. The molecular weight excluding hydrogens is 328 g/mol. The maximum Gasteiger partial charge on any atom is 0.234 e. The quantitative estimate of drug-likeness (QED) is 0.870. The summed E-state index contributed by atoms with van der Waals surface area (Å²) in [5.41, 5.74) is 1.50. The highest BCUT2D eigenvalue weighted by molar-refractivity contribution is 6.31. The molecule has 1 atom stereocenters. The molecule has 0 aliphatic heterocycles. The standard InChI is InChI=1S/C18H17ClN2O3/c1-23-15-8-7-12(11-16(15)24-2)18(21-17(22)9-10-20)13-5-3-4-6-14(13)19/h3-8,11,18H,9H2,1-2H3,(H,21,22)/t18-/m1/s1. The molecule has 1 N–H and O–H groups in total. The Kier molecular flexibility index (Phi) is 6.05. The fourth-order valence-electron chi connectivity index (χ4n) is 2.37. The first kappa shape index (κ1) is 17.6. The van der Waals surface area contributed by atoms with Crippen molar-refractivity contribution in [3.05, 3.63) is 58.6 Å². The van der Waals surface area contributed by atoms with E-state index in [0.717, 1.165) is 11.1 Å². The van der Waals surface area contributed by atoms with Crippen LogP contribution in [0.15, 0.2) is 42.5 Å². The molecule has 2 aromatic carbocycles. The molecule has 0 radical (unpaired) electrons. The van der Waals surface area contributed by atoms with E-state index in [0.29, 0.717) is 16.5 Å². The molecule has 1 amide bonds. The van der Waals surface area contributed by atoms with E-state index in [1.165, 1.54) is 0 Å². The zero-order valence-corrected chi connectivity index (χ0v) is 14.1. The van der Waals surface area contributed by atoms with Gasteiger partial charge in [-0.25, -0.2) is 0 Å². The smallest absolute Gasteiger partial charge is 0.234 e. The zero-order valence-electron chi connectivity index (χ0n) is 13.4. The average molecular weight is 345 g/mol. The topological polar surface area (TPSA) is 71.3 Å². The molecule has 2 aromatic rings. The van der Waals surface area contributed by atoms with Crippen molar-refractivity contribution in [1.82, 2.24) is 5.32 Å². The highest BCUT2D eigenvalue weighted by Crippen LogP contribution is 2.34. The lowest BCUT2D eigenvalue weighted by molar-refractivity contribution is -0.120. The average Bonchev–Trinajstić information content (AvgIpc) is 2.60. The fourth-order valence-corrected chi connectivity index (χ4v) is 2.61. The van der Waals surface area contributed by atoms with E-state index in [9.17, 15) is 4.79 Å². The third-order valence-corrected chi connectivity index (χ3v) is 3.85. The van der Waals surface area contributed by atoms with Crippen LogP contribution >= 0.6 is 11.6 Å². The van der Waals surface area contributed by atoms with Crippen LogP contribution in [-0.2, 0) is 4.79 Å². The van der Waals surface area contributed by atoms with E-state index in [1.54, 1.807) is 32.4 Å². The first-order valence-electron chi connectivity index (χ1n) is 7.23. The molecule has 0 heterocycles. The van der Waals surface area contributed by atoms with E-state index in [4.69, 9.17) is 26.3 Å². The van der Waals surface area contributed by atoms with Crippen molar-refractivity contribution in [2.75, 3.05) is 14.2 Å². The number of carbonyl (C=O) groups excluding carboxylic acids is 1. The van der Waals surface area contributed by atoms with Gasteiger partial charge in [-0.15, -0.1) is 0 Å². The van der Waals surface area contributed by atoms with Crippen LogP contribution in [0.3, 0.4) is 0 Å². The summed E-state index contributed by atoms with van der Waals surface area (Å²) < 4.78 is 10.6. The molecule has 0 bridgehead atoms. The predicted octanol–water partition coefficient (Wildman–Crippen LogP) is 3.48. The van der Waals surface area contributed by atoms with Crippen LogP contribution in [-0.4, -0.2) is 20.1 Å². The number of halogens is 1. The Hall–Kier alpha value is -2.71. The number of methoxy groups -OCH3 is 2. The van der Waals surface area contributed by atoms with Crippen LogP contribution in [0.2, 0.25) is 5.02 Å². The third kappa shape index (κ3) is 3.98. The molecule has 2 rings (SSSR count). The lowest BCUT2D eigenvalue weighted by atomic mass is 9.98. The molecule has 0 saturated carbocycles. The molecule has 6 heteroatoms. The number of hydrogen-bond acceptors (Lipinski definition) is 4. The molecule has 0 aromatic heterocycles. The van der Waals surface area contributed by atoms with Gasteiger partial charge in [-0.1, -0.05) is 35.9 Å². The summed E-state index contributed by atoms with van der Waals surface area (Å²) in [6.45, 7) is 0. The van der Waals surface area contributed by atoms with Gasteiger partial charge >= 0.3 is 0 Å². The maximum absolute atomic E-state index is 12.0. The van der Waals surface area contributed by atoms with Gasteiger partial charge in [0.15, 0.2) is 11.5 Å². The van der Waals surface area contributed by atoms with E-state index in [2.05, 4.69) is 5.32 Å². The summed E-state index contributed by atoms with van der Waals surface area (Å²) in [6, 6.07) is 13.9. The zero-order chi connectivity index (χ0) is 17.5. The Labute approximate surface area is 145 Å². The first-order valence-corrected chi connectivity index (χ1v) is 7.61. The van der Waals surface area contributed by atoms with Gasteiger partial charge in [-0.05, 0) is 29.3 Å². The van der Waals surface area contributed by atoms with Crippen LogP contribution in [0.25, 0.3) is 0 Å². The van der Waals surface area contributed by atoms with Crippen LogP contribution in [0, 0.1) is 11.3 Å². The second-order valence-corrected chi connectivity index (χ2v) is 5.38. The summed E-state index contributed by atoms with van der Waals surface area (Å²) >= 11 is 6.29. The van der Waals surface area contributed by atoms with Crippen molar-refractivity contribution in [1.29, 1.82) is 5.26 Å². The molecule has 0 aliphatic rings. The van der Waals surface area contributed by atoms with Gasteiger partial charge < -0.3 is 14.8 Å². The van der Waals surface area contributed by atoms with Crippen molar-refractivity contribution in [2.24, 2.45) is 0 Å². The van der Waals surface area contributed by atoms with Crippen molar-refractivity contribution < 1.29 is 14.3 Å². The lowest BCUT2D eigenvalue weighted by Crippen LogP contribution is -2.29. The van der Waals surface area contributed by atoms with Crippen LogP contribution in [0.4, 0.5) is 0 Å². The summed E-state index contributed by atoms with van der Waals surface area (Å²) in [5, 5.41) is 12.1. The minimum absolute atomic E-state index is 0.228. The number of hydrogen-bond donors (Lipinski definition) is 1. The normalized spacial score (nSPS) is 11.2. The molecule has 5 nitrogen and oxygen atoms in total. The van der Waals surface area contributed by atoms with Gasteiger partial charge in [0.25, 0.3) is 0 Å². The molecule has 124 valence electrons. The number of nitriles is 1. The molecule has 0 aliphatic carbocycles. The molecule has 0 unspecified atom stereocenters. The van der Waals surface area contributed by atoms with Gasteiger partial charge in [-0.2, -0.15) is 5.26 Å². The second-order valence-electron chi connectivity index (χ2n) is 4.97. The van der Waals surface area contributed by atoms with E-state index in [-0.39, 0.29) is 12.3 Å². The van der Waals surface area contributed by atoms with Crippen LogP contribution in [0.1, 0.15) is 23.6 Å². The van der Waals surface area contributed by atoms with Gasteiger partial charge in [-0.3, -0.25) is 4.79 Å². The highest BCUT2D eigenvalue weighted by Gasteiger charge is 2.20. The monoisotopic (exact) mass is 344 g/mol. The number of nitrogens with one attached hydrogen (secondary N) is 1. The van der Waals surface area contributed by atoms with Gasteiger partial charge in [0, 0.05) is 5.02 Å². The minimum atomic E-state index is -0.501. The largest absolute Gasteiger partial charge is 0.493 e. The summed E-state index contributed by atoms with van der Waals surface area (Å²) in [6.07, 6.45) is -0.228. The van der Waals surface area contributed by atoms with Crippen LogP contribution in [0.5, 0.6) is 11.5 Å². The first-order chi connectivity index (χ1) is 11.6. The Bertz CT molecular complexity index is 771. The van der Waals surface area contributed by atoms with E-state index >= 15 is 0 Å². The van der Waals surface area contributed by atoms with Crippen LogP contribution < -0.4 is 14.8 Å². The highest BCUT2D eigenvalue weighted by atomic mass is 35.5. The summed E-state index contributed by atoms with van der Waals surface area (Å²) in [7, 11) is 3.10. The number of benzene rings is 2. The van der Waals surface area contributed by atoms with Crippen molar-refractivity contribution >= 4 is 17.5 Å². The van der Waals surface area contributed by atoms with Crippen molar-refractivity contribution in [3.8, 4) is 17.6 Å². The molecule has 0 fully saturated rings. The number of carbonyl (C=O) groups is 1. The van der Waals surface area contributed by atoms with E-state index < -0.39 is 6.04 Å². The van der Waals surface area contributed by atoms with Gasteiger partial charge in [0.05, 0.1) is 26.3 Å². The minimum Gasteiger partial charge on any atom is -0.493 e. The van der Waals surface area contributed by atoms with Gasteiger partial charge in [0.1, 0.15) is 6.42 Å². The number of ether oxygens (including phenoxy) is 2. The maximum atomic E-state index is 12.0. The fraction of sp³-hybridized carbons (Fsp3) is 0.222. The van der Waals surface area contributed by atoms with Crippen molar-refractivity contribution in [2.45, 2.75) is 12.5 Å². The third-order valence-electron chi connectivity index (χ3n) is 3.50. The Balaban J connectivity index is 2.48. The molecule has 0 spiro atoms. The predicted molar refractivity (Wildman–Crippen MR) is 91.2 cm³/mol.